The van der Waals surface area contributed by atoms with Gasteiger partial charge >= 0.3 is 5.97 Å². The molecule has 1 rings (SSSR count). The van der Waals surface area contributed by atoms with Crippen LogP contribution in [0.5, 0.6) is 0 Å². The molecule has 0 bridgehead atoms. The van der Waals surface area contributed by atoms with E-state index in [1.807, 2.05) is 31.2 Å². The highest BCUT2D eigenvalue weighted by Gasteiger charge is 2.10. The fourth-order valence-electron chi connectivity index (χ4n) is 1.05. The fourth-order valence-corrected chi connectivity index (χ4v) is 1.05. The average molecular weight is 216 g/mol. The zero-order valence-corrected chi connectivity index (χ0v) is 9.24. The lowest BCUT2D eigenvalue weighted by Gasteiger charge is -1.93. The van der Waals surface area contributed by atoms with Crippen molar-refractivity contribution in [3.63, 3.8) is 0 Å². The highest BCUT2D eigenvalue weighted by Crippen LogP contribution is 2.01. The third-order valence-corrected chi connectivity index (χ3v) is 1.95. The summed E-state index contributed by atoms with van der Waals surface area (Å²) in [6.07, 6.45) is -0.111. The second-order valence-electron chi connectivity index (χ2n) is 3.26. The van der Waals surface area contributed by atoms with E-state index in [0.717, 1.165) is 11.1 Å². The topological polar surface area (TPSA) is 43.4 Å². The Labute approximate surface area is 94.4 Å². The van der Waals surface area contributed by atoms with Gasteiger partial charge < -0.3 is 4.74 Å². The number of carbonyl (C=O) groups is 2. The summed E-state index contributed by atoms with van der Waals surface area (Å²) < 4.78 is 4.27. The summed E-state index contributed by atoms with van der Waals surface area (Å²) in [6, 6.07) is 7.61. The van der Waals surface area contributed by atoms with Crippen molar-refractivity contribution in [2.75, 3.05) is 7.11 Å². The molecule has 0 aromatic heterocycles. The number of carbonyl (C=O) groups excluding carboxylic acids is 2. The molecule has 0 aliphatic heterocycles. The number of rotatable bonds is 2. The van der Waals surface area contributed by atoms with Gasteiger partial charge in [-0.25, -0.2) is 4.79 Å². The Bertz CT molecular complexity index is 446. The van der Waals surface area contributed by atoms with E-state index in [1.165, 1.54) is 7.11 Å². The maximum Gasteiger partial charge on any atom is 0.375 e. The summed E-state index contributed by atoms with van der Waals surface area (Å²) in [5.41, 5.74) is 1.97. The summed E-state index contributed by atoms with van der Waals surface area (Å²) in [5, 5.41) is 0. The molecule has 0 N–H and O–H groups in total. The Hall–Kier alpha value is -2.08. The first-order chi connectivity index (χ1) is 7.63. The molecule has 1 aromatic rings. The van der Waals surface area contributed by atoms with Crippen LogP contribution in [0.1, 0.15) is 17.5 Å². The van der Waals surface area contributed by atoms with Crippen LogP contribution in [0.4, 0.5) is 0 Å². The normalized spacial score (nSPS) is 8.88. The molecule has 0 fully saturated rings. The molecule has 16 heavy (non-hydrogen) atoms. The molecule has 0 unspecified atom stereocenters. The van der Waals surface area contributed by atoms with Gasteiger partial charge in [-0.1, -0.05) is 29.5 Å². The van der Waals surface area contributed by atoms with Gasteiger partial charge in [-0.3, -0.25) is 4.79 Å². The van der Waals surface area contributed by atoms with Crippen LogP contribution in [-0.4, -0.2) is 18.9 Å². The van der Waals surface area contributed by atoms with Crippen LogP contribution in [0.3, 0.4) is 0 Å². The number of methoxy groups -OCH3 is 1. The van der Waals surface area contributed by atoms with Gasteiger partial charge in [0.25, 0.3) is 5.78 Å². The Morgan fingerprint density at radius 2 is 1.88 bits per heavy atom. The molecule has 0 atom stereocenters. The van der Waals surface area contributed by atoms with E-state index in [4.69, 9.17) is 0 Å². The minimum absolute atomic E-state index is 0.111. The molecule has 0 aliphatic carbocycles. The van der Waals surface area contributed by atoms with E-state index in [9.17, 15) is 9.59 Å². The minimum atomic E-state index is -0.849. The third-order valence-electron chi connectivity index (χ3n) is 1.95. The standard InChI is InChI=1S/C13H12O3/c1-10-6-8-11(9-7-10)4-3-5-12(14)13(15)16-2/h6-9H,5H2,1-2H3. The summed E-state index contributed by atoms with van der Waals surface area (Å²) in [7, 11) is 1.17. The first kappa shape index (κ1) is 12.0. The molecule has 0 amide bonds. The number of benzene rings is 1. The molecule has 82 valence electrons. The van der Waals surface area contributed by atoms with Gasteiger partial charge in [-0.15, -0.1) is 0 Å². The SMILES string of the molecule is COC(=O)C(=O)CC#Cc1ccc(C)cc1. The van der Waals surface area contributed by atoms with Crippen molar-refractivity contribution in [2.24, 2.45) is 0 Å². The van der Waals surface area contributed by atoms with Crippen molar-refractivity contribution >= 4 is 11.8 Å². The smallest absolute Gasteiger partial charge is 0.375 e. The van der Waals surface area contributed by atoms with Crippen LogP contribution in [0.25, 0.3) is 0 Å². The van der Waals surface area contributed by atoms with E-state index < -0.39 is 11.8 Å². The maximum atomic E-state index is 11.0. The highest BCUT2D eigenvalue weighted by atomic mass is 16.5. The van der Waals surface area contributed by atoms with Crippen LogP contribution in [0.15, 0.2) is 24.3 Å². The Morgan fingerprint density at radius 1 is 1.25 bits per heavy atom. The molecule has 0 radical (unpaired) electrons. The molecule has 3 heteroatoms. The molecular weight excluding hydrogens is 204 g/mol. The van der Waals surface area contributed by atoms with Crippen molar-refractivity contribution < 1.29 is 14.3 Å². The minimum Gasteiger partial charge on any atom is -0.463 e. The monoisotopic (exact) mass is 216 g/mol. The molecule has 0 saturated heterocycles. The number of hydrogen-bond donors (Lipinski definition) is 0. The lowest BCUT2D eigenvalue weighted by atomic mass is 10.1. The van der Waals surface area contributed by atoms with E-state index in [0.29, 0.717) is 0 Å². The van der Waals surface area contributed by atoms with Gasteiger partial charge in [0.2, 0.25) is 0 Å². The average Bonchev–Trinajstić information content (AvgIpc) is 2.30. The lowest BCUT2D eigenvalue weighted by molar-refractivity contribution is -0.151. The van der Waals surface area contributed by atoms with Crippen LogP contribution in [0.2, 0.25) is 0 Å². The van der Waals surface area contributed by atoms with Gasteiger partial charge in [0, 0.05) is 5.56 Å². The van der Waals surface area contributed by atoms with Crippen molar-refractivity contribution in [1.29, 1.82) is 0 Å². The van der Waals surface area contributed by atoms with Crippen LogP contribution < -0.4 is 0 Å². The highest BCUT2D eigenvalue weighted by molar-refractivity contribution is 6.34. The van der Waals surface area contributed by atoms with Gasteiger partial charge in [0.05, 0.1) is 13.5 Å². The van der Waals surface area contributed by atoms with E-state index in [2.05, 4.69) is 16.6 Å². The summed E-state index contributed by atoms with van der Waals surface area (Å²) >= 11 is 0. The van der Waals surface area contributed by atoms with E-state index >= 15 is 0 Å². The van der Waals surface area contributed by atoms with Gasteiger partial charge in [-0.2, -0.15) is 0 Å². The number of esters is 1. The molecule has 1 aromatic carbocycles. The first-order valence-electron chi connectivity index (χ1n) is 4.80. The number of aryl methyl sites for hydroxylation is 1. The second kappa shape index (κ2) is 5.72. The van der Waals surface area contributed by atoms with Crippen LogP contribution in [0, 0.1) is 18.8 Å². The Balaban J connectivity index is 2.59. The van der Waals surface area contributed by atoms with Gasteiger partial charge in [-0.05, 0) is 19.1 Å². The van der Waals surface area contributed by atoms with Crippen molar-refractivity contribution in [2.45, 2.75) is 13.3 Å². The van der Waals surface area contributed by atoms with Gasteiger partial charge in [0.15, 0.2) is 0 Å². The fraction of sp³-hybridized carbons (Fsp3) is 0.231. The maximum absolute atomic E-state index is 11.0. The second-order valence-corrected chi connectivity index (χ2v) is 3.26. The molecular formula is C13H12O3. The number of ether oxygens (including phenoxy) is 1. The van der Waals surface area contributed by atoms with Gasteiger partial charge in [0.1, 0.15) is 0 Å². The lowest BCUT2D eigenvalue weighted by Crippen LogP contribution is -2.14. The Morgan fingerprint density at radius 3 is 2.44 bits per heavy atom. The van der Waals surface area contributed by atoms with Crippen molar-refractivity contribution in [1.82, 2.24) is 0 Å². The molecule has 3 nitrogen and oxygen atoms in total. The molecule has 0 spiro atoms. The summed E-state index contributed by atoms with van der Waals surface area (Å²) in [6.45, 7) is 1.98. The Kier molecular flexibility index (Phi) is 4.28. The van der Waals surface area contributed by atoms with Crippen LogP contribution >= 0.6 is 0 Å². The van der Waals surface area contributed by atoms with Crippen molar-refractivity contribution in [3.8, 4) is 11.8 Å². The third kappa shape index (κ3) is 3.58. The summed E-state index contributed by atoms with van der Waals surface area (Å²) in [5.74, 6) is 3.97. The zero-order valence-electron chi connectivity index (χ0n) is 9.24. The van der Waals surface area contributed by atoms with Crippen molar-refractivity contribution in [3.05, 3.63) is 35.4 Å². The largest absolute Gasteiger partial charge is 0.463 e. The van der Waals surface area contributed by atoms with Crippen LogP contribution in [-0.2, 0) is 14.3 Å². The predicted molar refractivity (Wildman–Crippen MR) is 59.7 cm³/mol. The molecule has 0 aliphatic rings. The first-order valence-corrected chi connectivity index (χ1v) is 4.80. The molecule has 0 heterocycles. The number of hydrogen-bond acceptors (Lipinski definition) is 3. The predicted octanol–water partition coefficient (Wildman–Crippen LogP) is 1.48. The number of ketones is 1. The quantitative estimate of drug-likeness (QED) is 0.427. The number of Topliss-reactive ketones (excluding diaryl/α,β-unsaturated/α-hetero) is 1. The van der Waals surface area contributed by atoms with E-state index in [-0.39, 0.29) is 6.42 Å². The summed E-state index contributed by atoms with van der Waals surface area (Å²) in [4.78, 5) is 21.8. The van der Waals surface area contributed by atoms with E-state index in [1.54, 1.807) is 0 Å². The zero-order chi connectivity index (χ0) is 12.0. The molecule has 0 saturated carbocycles.